The van der Waals surface area contributed by atoms with Crippen LogP contribution in [0.25, 0.3) is 0 Å². The van der Waals surface area contributed by atoms with Gasteiger partial charge in [-0.2, -0.15) is 0 Å². The summed E-state index contributed by atoms with van der Waals surface area (Å²) in [5.41, 5.74) is 5.91. The van der Waals surface area contributed by atoms with E-state index in [0.717, 1.165) is 45.4 Å². The summed E-state index contributed by atoms with van der Waals surface area (Å²) in [4.78, 5) is 2.29. The normalized spacial score (nSPS) is 28.5. The summed E-state index contributed by atoms with van der Waals surface area (Å²) in [6.07, 6.45) is 4.66. The van der Waals surface area contributed by atoms with E-state index in [9.17, 15) is 5.11 Å². The number of hydrogen-bond acceptors (Lipinski definition) is 4. The van der Waals surface area contributed by atoms with Crippen LogP contribution in [0.1, 0.15) is 39.5 Å². The molecular weight excluding hydrogens is 228 g/mol. The maximum absolute atomic E-state index is 9.40. The van der Waals surface area contributed by atoms with Crippen molar-refractivity contribution in [1.29, 1.82) is 0 Å². The first kappa shape index (κ1) is 15.9. The van der Waals surface area contributed by atoms with E-state index in [-0.39, 0.29) is 12.1 Å². The number of likely N-dealkylation sites (N-methyl/N-ethyl adjacent to an activating group) is 1. The Balaban J connectivity index is 2.19. The van der Waals surface area contributed by atoms with E-state index in [0.29, 0.717) is 12.0 Å². The number of aliphatic hydroxyl groups excluding tert-OH is 1. The maximum Gasteiger partial charge on any atom is 0.0613 e. The van der Waals surface area contributed by atoms with Gasteiger partial charge in [0.15, 0.2) is 0 Å². The highest BCUT2D eigenvalue weighted by atomic mass is 16.5. The standard InChI is InChI=1S/C14H30N2O2/c1-12(2)18-10-9-16(3)8-6-13-5-4-7-14(13,15)11-17/h12-13,17H,4-11,15H2,1-3H3. The average Bonchev–Trinajstić information content (AvgIpc) is 2.68. The van der Waals surface area contributed by atoms with Crippen LogP contribution in [0, 0.1) is 5.92 Å². The number of rotatable bonds is 8. The Morgan fingerprint density at radius 2 is 2.17 bits per heavy atom. The van der Waals surface area contributed by atoms with Gasteiger partial charge in [-0.15, -0.1) is 0 Å². The molecule has 0 radical (unpaired) electrons. The number of nitrogens with zero attached hydrogens (tertiary/aromatic N) is 1. The second-order valence-electron chi connectivity index (χ2n) is 5.99. The molecule has 4 heteroatoms. The number of hydrogen-bond donors (Lipinski definition) is 2. The lowest BCUT2D eigenvalue weighted by Gasteiger charge is -2.30. The average molecular weight is 258 g/mol. The minimum Gasteiger partial charge on any atom is -0.394 e. The van der Waals surface area contributed by atoms with Crippen molar-refractivity contribution in [3.63, 3.8) is 0 Å². The van der Waals surface area contributed by atoms with Gasteiger partial charge in [0, 0.05) is 12.1 Å². The van der Waals surface area contributed by atoms with Gasteiger partial charge in [0.25, 0.3) is 0 Å². The first-order chi connectivity index (χ1) is 8.48. The summed E-state index contributed by atoms with van der Waals surface area (Å²) >= 11 is 0. The highest BCUT2D eigenvalue weighted by molar-refractivity contribution is 4.96. The van der Waals surface area contributed by atoms with E-state index < -0.39 is 0 Å². The molecule has 0 aromatic heterocycles. The van der Waals surface area contributed by atoms with Crippen LogP contribution in [0.5, 0.6) is 0 Å². The third kappa shape index (κ3) is 4.84. The maximum atomic E-state index is 9.40. The molecule has 0 aromatic carbocycles. The Morgan fingerprint density at radius 1 is 1.44 bits per heavy atom. The highest BCUT2D eigenvalue weighted by Crippen LogP contribution is 2.35. The van der Waals surface area contributed by atoms with Gasteiger partial charge in [-0.3, -0.25) is 0 Å². The van der Waals surface area contributed by atoms with E-state index >= 15 is 0 Å². The van der Waals surface area contributed by atoms with Crippen LogP contribution < -0.4 is 5.73 Å². The molecule has 0 heterocycles. The van der Waals surface area contributed by atoms with Gasteiger partial charge in [0.1, 0.15) is 0 Å². The summed E-state index contributed by atoms with van der Waals surface area (Å²) in [6, 6.07) is 0. The van der Waals surface area contributed by atoms with Crippen molar-refractivity contribution >= 4 is 0 Å². The monoisotopic (exact) mass is 258 g/mol. The fraction of sp³-hybridized carbons (Fsp3) is 1.00. The lowest BCUT2D eigenvalue weighted by Crippen LogP contribution is -2.47. The van der Waals surface area contributed by atoms with Gasteiger partial charge in [-0.05, 0) is 52.6 Å². The SMILES string of the molecule is CC(C)OCCN(C)CCC1CCCC1(N)CO. The van der Waals surface area contributed by atoms with Crippen LogP contribution in [0.3, 0.4) is 0 Å². The molecule has 1 aliphatic rings. The molecule has 108 valence electrons. The van der Waals surface area contributed by atoms with Crippen molar-refractivity contribution in [2.45, 2.75) is 51.2 Å². The molecule has 0 saturated heterocycles. The molecule has 0 bridgehead atoms. The van der Waals surface area contributed by atoms with Crippen molar-refractivity contribution < 1.29 is 9.84 Å². The van der Waals surface area contributed by atoms with Crippen LogP contribution in [0.2, 0.25) is 0 Å². The predicted octanol–water partition coefficient (Wildman–Crippen LogP) is 1.22. The molecule has 1 aliphatic carbocycles. The third-order valence-electron chi connectivity index (χ3n) is 4.09. The van der Waals surface area contributed by atoms with Gasteiger partial charge in [-0.1, -0.05) is 6.42 Å². The Labute approximate surface area is 111 Å². The summed E-state index contributed by atoms with van der Waals surface area (Å²) in [5, 5.41) is 9.40. The predicted molar refractivity (Wildman–Crippen MR) is 74.5 cm³/mol. The van der Waals surface area contributed by atoms with E-state index in [1.807, 2.05) is 0 Å². The van der Waals surface area contributed by atoms with Crippen molar-refractivity contribution in [2.24, 2.45) is 11.7 Å². The molecule has 4 nitrogen and oxygen atoms in total. The van der Waals surface area contributed by atoms with Gasteiger partial charge in [0.2, 0.25) is 0 Å². The topological polar surface area (TPSA) is 58.7 Å². The lowest BCUT2D eigenvalue weighted by atomic mass is 9.86. The second-order valence-corrected chi connectivity index (χ2v) is 5.99. The van der Waals surface area contributed by atoms with Crippen molar-refractivity contribution in [2.75, 3.05) is 33.4 Å². The Kier molecular flexibility index (Phi) is 6.57. The van der Waals surface area contributed by atoms with E-state index in [1.165, 1.54) is 0 Å². The smallest absolute Gasteiger partial charge is 0.0613 e. The number of nitrogens with two attached hydrogens (primary N) is 1. The van der Waals surface area contributed by atoms with Crippen LogP contribution >= 0.6 is 0 Å². The fourth-order valence-electron chi connectivity index (χ4n) is 2.74. The summed E-state index contributed by atoms with van der Waals surface area (Å²) in [5.74, 6) is 0.468. The molecule has 1 saturated carbocycles. The molecular formula is C14H30N2O2. The number of aliphatic hydroxyl groups is 1. The van der Waals surface area contributed by atoms with Crippen LogP contribution in [-0.4, -0.2) is 55.0 Å². The molecule has 1 rings (SSSR count). The Hall–Kier alpha value is -0.160. The van der Waals surface area contributed by atoms with Crippen LogP contribution in [0.4, 0.5) is 0 Å². The highest BCUT2D eigenvalue weighted by Gasteiger charge is 2.38. The van der Waals surface area contributed by atoms with Crippen molar-refractivity contribution in [1.82, 2.24) is 4.90 Å². The minimum atomic E-state index is -0.324. The van der Waals surface area contributed by atoms with Gasteiger partial charge in [-0.25, -0.2) is 0 Å². The lowest BCUT2D eigenvalue weighted by molar-refractivity contribution is 0.0616. The first-order valence-electron chi connectivity index (χ1n) is 7.18. The first-order valence-corrected chi connectivity index (χ1v) is 7.18. The van der Waals surface area contributed by atoms with Crippen molar-refractivity contribution in [3.05, 3.63) is 0 Å². The quantitative estimate of drug-likeness (QED) is 0.687. The molecule has 0 amide bonds. The third-order valence-corrected chi connectivity index (χ3v) is 4.09. The summed E-state index contributed by atoms with van der Waals surface area (Å²) < 4.78 is 5.54. The Morgan fingerprint density at radius 3 is 2.78 bits per heavy atom. The van der Waals surface area contributed by atoms with E-state index in [2.05, 4.69) is 25.8 Å². The van der Waals surface area contributed by atoms with E-state index in [4.69, 9.17) is 10.5 Å². The fourth-order valence-corrected chi connectivity index (χ4v) is 2.74. The van der Waals surface area contributed by atoms with E-state index in [1.54, 1.807) is 0 Å². The second kappa shape index (κ2) is 7.43. The molecule has 2 atom stereocenters. The van der Waals surface area contributed by atoms with Crippen LogP contribution in [-0.2, 0) is 4.74 Å². The molecule has 1 fully saturated rings. The largest absolute Gasteiger partial charge is 0.394 e. The summed E-state index contributed by atoms with van der Waals surface area (Å²) in [7, 11) is 2.12. The minimum absolute atomic E-state index is 0.123. The molecule has 0 spiro atoms. The number of ether oxygens (including phenoxy) is 1. The van der Waals surface area contributed by atoms with Crippen molar-refractivity contribution in [3.8, 4) is 0 Å². The molecule has 2 unspecified atom stereocenters. The zero-order valence-electron chi connectivity index (χ0n) is 12.2. The summed E-state index contributed by atoms with van der Waals surface area (Å²) in [6.45, 7) is 7.02. The molecule has 0 aliphatic heterocycles. The molecule has 3 N–H and O–H groups in total. The van der Waals surface area contributed by atoms with Gasteiger partial charge < -0.3 is 20.5 Å². The Bertz CT molecular complexity index is 236. The van der Waals surface area contributed by atoms with Gasteiger partial charge in [0.05, 0.1) is 19.3 Å². The molecule has 0 aromatic rings. The zero-order chi connectivity index (χ0) is 13.6. The van der Waals surface area contributed by atoms with Crippen LogP contribution in [0.15, 0.2) is 0 Å². The molecule has 18 heavy (non-hydrogen) atoms. The zero-order valence-corrected chi connectivity index (χ0v) is 12.2. The van der Waals surface area contributed by atoms with Gasteiger partial charge >= 0.3 is 0 Å².